The second-order valence-electron chi connectivity index (χ2n) is 7.69. The average Bonchev–Trinajstić information content (AvgIpc) is 3.49. The van der Waals surface area contributed by atoms with Crippen molar-refractivity contribution in [2.75, 3.05) is 24.3 Å². The molecule has 1 fully saturated rings. The van der Waals surface area contributed by atoms with Crippen molar-refractivity contribution in [2.24, 2.45) is 5.92 Å². The molecule has 0 spiro atoms. The molecule has 2 N–H and O–H groups in total. The summed E-state index contributed by atoms with van der Waals surface area (Å²) in [4.78, 5) is 22.7. The fourth-order valence-corrected chi connectivity index (χ4v) is 5.95. The van der Waals surface area contributed by atoms with Gasteiger partial charge in [-0.25, -0.2) is 4.98 Å². The number of carbonyl (C=O) groups excluding carboxylic acids is 1. The summed E-state index contributed by atoms with van der Waals surface area (Å²) < 4.78 is 11.0. The number of hydrogen-bond donors (Lipinski definition) is 2. The van der Waals surface area contributed by atoms with E-state index in [1.807, 2.05) is 23.9 Å². The standard InChI is InChI=1S/C22H23N3O4S2/c26-19(13-3-7-28-8-4-13)20-18(17-2-1-6-29-17)24-22(31-20)25-21(27)14-10-15-12-30-9-5-16(15)23-11-14/h1-2,6,10-11,13,19,26H,3-5,7-9,12H2,(H,24,25,27). The van der Waals surface area contributed by atoms with Gasteiger partial charge in [0.05, 0.1) is 22.8 Å². The Kier molecular flexibility index (Phi) is 6.08. The van der Waals surface area contributed by atoms with Gasteiger partial charge in [0.1, 0.15) is 5.69 Å². The Balaban J connectivity index is 1.41. The van der Waals surface area contributed by atoms with Gasteiger partial charge in [-0.15, -0.1) is 0 Å². The maximum Gasteiger partial charge on any atom is 0.259 e. The van der Waals surface area contributed by atoms with Gasteiger partial charge in [0.15, 0.2) is 10.9 Å². The van der Waals surface area contributed by atoms with E-state index in [9.17, 15) is 9.90 Å². The number of thioether (sulfide) groups is 1. The molecule has 1 amide bonds. The molecule has 5 rings (SSSR count). The minimum Gasteiger partial charge on any atom is -0.463 e. The number of rotatable bonds is 5. The number of aryl methyl sites for hydroxylation is 1. The van der Waals surface area contributed by atoms with Crippen LogP contribution in [-0.2, 0) is 16.9 Å². The molecule has 0 radical (unpaired) electrons. The lowest BCUT2D eigenvalue weighted by atomic mass is 9.92. The maximum absolute atomic E-state index is 12.9. The van der Waals surface area contributed by atoms with Gasteiger partial charge in [-0.1, -0.05) is 11.3 Å². The van der Waals surface area contributed by atoms with Crippen LogP contribution in [0.1, 0.15) is 45.4 Å². The quantitative estimate of drug-likeness (QED) is 0.589. The van der Waals surface area contributed by atoms with Crippen molar-refractivity contribution in [3.63, 3.8) is 0 Å². The van der Waals surface area contributed by atoms with E-state index in [0.717, 1.165) is 42.0 Å². The lowest BCUT2D eigenvalue weighted by Crippen LogP contribution is -2.21. The number of amides is 1. The first-order valence-electron chi connectivity index (χ1n) is 10.4. The Bertz CT molecular complexity index is 1060. The van der Waals surface area contributed by atoms with Crippen molar-refractivity contribution in [3.05, 3.63) is 52.4 Å². The SMILES string of the molecule is O=C(Nc1nc(-c2ccco2)c(C(O)C2CCOCC2)s1)c1cnc2c(c1)CSCC2. The summed E-state index contributed by atoms with van der Waals surface area (Å²) in [6.45, 7) is 1.29. The monoisotopic (exact) mass is 457 g/mol. The predicted octanol–water partition coefficient (Wildman–Crippen LogP) is 4.30. The number of thiazole rings is 1. The number of ether oxygens (including phenoxy) is 1. The van der Waals surface area contributed by atoms with Gasteiger partial charge in [0, 0.05) is 30.9 Å². The number of fused-ring (bicyclic) bond motifs is 1. The molecule has 5 heterocycles. The highest BCUT2D eigenvalue weighted by Gasteiger charge is 2.30. The zero-order valence-electron chi connectivity index (χ0n) is 16.9. The molecule has 2 aliphatic rings. The number of aliphatic hydroxyl groups is 1. The topological polar surface area (TPSA) is 97.5 Å². The second kappa shape index (κ2) is 9.12. The molecule has 31 heavy (non-hydrogen) atoms. The third kappa shape index (κ3) is 4.41. The van der Waals surface area contributed by atoms with Crippen molar-refractivity contribution in [1.29, 1.82) is 0 Å². The number of anilines is 1. The van der Waals surface area contributed by atoms with E-state index in [0.29, 0.717) is 40.2 Å². The molecule has 3 aromatic rings. The molecule has 1 unspecified atom stereocenters. The van der Waals surface area contributed by atoms with Crippen LogP contribution >= 0.6 is 23.1 Å². The molecule has 0 aromatic carbocycles. The van der Waals surface area contributed by atoms with Crippen LogP contribution in [0.15, 0.2) is 35.1 Å². The molecule has 0 bridgehead atoms. The molecule has 0 saturated carbocycles. The van der Waals surface area contributed by atoms with Crippen LogP contribution in [0, 0.1) is 5.92 Å². The molecule has 0 aliphatic carbocycles. The summed E-state index contributed by atoms with van der Waals surface area (Å²) in [7, 11) is 0. The average molecular weight is 458 g/mol. The summed E-state index contributed by atoms with van der Waals surface area (Å²) in [6, 6.07) is 5.52. The Hall–Kier alpha value is -2.20. The van der Waals surface area contributed by atoms with Gasteiger partial charge in [0.25, 0.3) is 5.91 Å². The third-order valence-electron chi connectivity index (χ3n) is 5.67. The van der Waals surface area contributed by atoms with E-state index in [4.69, 9.17) is 9.15 Å². The molecule has 3 aromatic heterocycles. The minimum absolute atomic E-state index is 0.0915. The van der Waals surface area contributed by atoms with Gasteiger partial charge < -0.3 is 14.3 Å². The van der Waals surface area contributed by atoms with E-state index in [1.54, 1.807) is 18.5 Å². The first-order chi connectivity index (χ1) is 15.2. The van der Waals surface area contributed by atoms with Crippen LogP contribution in [0.4, 0.5) is 5.13 Å². The summed E-state index contributed by atoms with van der Waals surface area (Å²) in [5.41, 5.74) is 3.29. The first-order valence-corrected chi connectivity index (χ1v) is 12.3. The zero-order chi connectivity index (χ0) is 21.2. The van der Waals surface area contributed by atoms with Crippen molar-refractivity contribution in [3.8, 4) is 11.5 Å². The zero-order valence-corrected chi connectivity index (χ0v) is 18.5. The number of aliphatic hydroxyl groups excluding tert-OH is 1. The Morgan fingerprint density at radius 3 is 3.00 bits per heavy atom. The summed E-state index contributed by atoms with van der Waals surface area (Å²) in [5, 5.41) is 14.4. The number of nitrogens with zero attached hydrogens (tertiary/aromatic N) is 2. The first kappa shape index (κ1) is 20.7. The highest BCUT2D eigenvalue weighted by Crippen LogP contribution is 2.41. The van der Waals surface area contributed by atoms with Crippen molar-refractivity contribution >= 4 is 34.1 Å². The van der Waals surface area contributed by atoms with E-state index < -0.39 is 6.10 Å². The fraction of sp³-hybridized carbons (Fsp3) is 0.409. The lowest BCUT2D eigenvalue weighted by Gasteiger charge is -2.26. The minimum atomic E-state index is -0.686. The summed E-state index contributed by atoms with van der Waals surface area (Å²) in [6.07, 6.45) is 5.04. The largest absolute Gasteiger partial charge is 0.463 e. The van der Waals surface area contributed by atoms with E-state index in [1.165, 1.54) is 11.3 Å². The Morgan fingerprint density at radius 1 is 1.32 bits per heavy atom. The smallest absolute Gasteiger partial charge is 0.259 e. The van der Waals surface area contributed by atoms with Gasteiger partial charge >= 0.3 is 0 Å². The van der Waals surface area contributed by atoms with Crippen LogP contribution in [0.5, 0.6) is 0 Å². The molecule has 2 aliphatic heterocycles. The summed E-state index contributed by atoms with van der Waals surface area (Å²) in [5.74, 6) is 2.36. The van der Waals surface area contributed by atoms with Crippen LogP contribution in [0.3, 0.4) is 0 Å². The van der Waals surface area contributed by atoms with Gasteiger partial charge in [0.2, 0.25) is 0 Å². The van der Waals surface area contributed by atoms with Gasteiger partial charge in [-0.2, -0.15) is 11.8 Å². The summed E-state index contributed by atoms with van der Waals surface area (Å²) >= 11 is 3.15. The van der Waals surface area contributed by atoms with Crippen molar-refractivity contribution in [1.82, 2.24) is 9.97 Å². The van der Waals surface area contributed by atoms with Gasteiger partial charge in [-0.3, -0.25) is 15.1 Å². The molecule has 1 atom stereocenters. The number of carbonyl (C=O) groups is 1. The highest BCUT2D eigenvalue weighted by atomic mass is 32.2. The van der Waals surface area contributed by atoms with Crippen LogP contribution in [-0.4, -0.2) is 39.9 Å². The lowest BCUT2D eigenvalue weighted by molar-refractivity contribution is 0.00862. The molecule has 9 heteroatoms. The predicted molar refractivity (Wildman–Crippen MR) is 120 cm³/mol. The molecular weight excluding hydrogens is 434 g/mol. The number of hydrogen-bond acceptors (Lipinski definition) is 8. The number of pyridine rings is 1. The van der Waals surface area contributed by atoms with Crippen molar-refractivity contribution in [2.45, 2.75) is 31.1 Å². The Morgan fingerprint density at radius 2 is 2.19 bits per heavy atom. The van der Waals surface area contributed by atoms with Crippen LogP contribution in [0.25, 0.3) is 11.5 Å². The fourth-order valence-electron chi connectivity index (χ4n) is 3.95. The van der Waals surface area contributed by atoms with Crippen molar-refractivity contribution < 1.29 is 19.1 Å². The number of furan rings is 1. The Labute approximate surface area is 188 Å². The van der Waals surface area contributed by atoms with E-state index in [-0.39, 0.29) is 11.8 Å². The molecular formula is C22H23N3O4S2. The maximum atomic E-state index is 12.9. The molecule has 7 nitrogen and oxygen atoms in total. The molecule has 162 valence electrons. The number of aromatic nitrogens is 2. The van der Waals surface area contributed by atoms with Crippen LogP contribution < -0.4 is 5.32 Å². The van der Waals surface area contributed by atoms with E-state index >= 15 is 0 Å². The second-order valence-corrected chi connectivity index (χ2v) is 9.83. The van der Waals surface area contributed by atoms with Gasteiger partial charge in [-0.05, 0) is 54.7 Å². The normalized spacial score (nSPS) is 17.8. The van der Waals surface area contributed by atoms with E-state index in [2.05, 4.69) is 15.3 Å². The number of nitrogens with one attached hydrogen (secondary N) is 1. The highest BCUT2D eigenvalue weighted by molar-refractivity contribution is 7.98. The third-order valence-corrected chi connectivity index (χ3v) is 7.72. The van der Waals surface area contributed by atoms with Crippen LogP contribution in [0.2, 0.25) is 0 Å². The molecule has 1 saturated heterocycles.